The zero-order chi connectivity index (χ0) is 15.2. The Hall–Kier alpha value is -1.58. The van der Waals surface area contributed by atoms with E-state index in [1.165, 1.54) is 12.1 Å². The Bertz CT molecular complexity index is 584. The summed E-state index contributed by atoms with van der Waals surface area (Å²) in [5.74, 6) is 1.54. The third-order valence-electron chi connectivity index (χ3n) is 2.94. The van der Waals surface area contributed by atoms with Crippen LogP contribution in [0.1, 0.15) is 19.4 Å². The first-order chi connectivity index (χ1) is 10.0. The summed E-state index contributed by atoms with van der Waals surface area (Å²) in [4.78, 5) is 0. The third kappa shape index (κ3) is 5.03. The summed E-state index contributed by atoms with van der Waals surface area (Å²) >= 11 is 6.26. The van der Waals surface area contributed by atoms with Crippen LogP contribution in [0.4, 0.5) is 4.39 Å². The van der Waals surface area contributed by atoms with E-state index >= 15 is 0 Å². The molecule has 0 fully saturated rings. The molecule has 0 atom stereocenters. The number of benzene rings is 2. The minimum atomic E-state index is -0.285. The highest BCUT2D eigenvalue weighted by molar-refractivity contribution is 6.31. The number of nitrogens with one attached hydrogen (secondary N) is 1. The van der Waals surface area contributed by atoms with Crippen molar-refractivity contribution < 1.29 is 9.13 Å². The first-order valence-electron chi connectivity index (χ1n) is 6.97. The van der Waals surface area contributed by atoms with Gasteiger partial charge in [-0.15, -0.1) is 0 Å². The molecule has 2 rings (SSSR count). The summed E-state index contributed by atoms with van der Waals surface area (Å²) in [5, 5.41) is 4.01. The fourth-order valence-electron chi connectivity index (χ4n) is 1.87. The van der Waals surface area contributed by atoms with Crippen LogP contribution < -0.4 is 10.1 Å². The molecule has 2 aromatic carbocycles. The van der Waals surface area contributed by atoms with E-state index in [0.29, 0.717) is 22.4 Å². The van der Waals surface area contributed by atoms with Gasteiger partial charge in [-0.2, -0.15) is 0 Å². The lowest BCUT2D eigenvalue weighted by Crippen LogP contribution is -2.19. The van der Waals surface area contributed by atoms with Crippen LogP contribution in [0.25, 0.3) is 0 Å². The van der Waals surface area contributed by atoms with Crippen molar-refractivity contribution in [3.63, 3.8) is 0 Å². The van der Waals surface area contributed by atoms with Crippen molar-refractivity contribution in [1.29, 1.82) is 0 Å². The average molecular weight is 308 g/mol. The lowest BCUT2D eigenvalue weighted by molar-refractivity contribution is 0.480. The van der Waals surface area contributed by atoms with Gasteiger partial charge in [-0.05, 0) is 54.4 Å². The molecule has 0 aliphatic heterocycles. The summed E-state index contributed by atoms with van der Waals surface area (Å²) in [6, 6.07) is 11.5. The van der Waals surface area contributed by atoms with Crippen LogP contribution >= 0.6 is 11.6 Å². The van der Waals surface area contributed by atoms with Gasteiger partial charge in [0, 0.05) is 11.6 Å². The number of hydrogen-bond donors (Lipinski definition) is 1. The van der Waals surface area contributed by atoms with Gasteiger partial charge < -0.3 is 10.1 Å². The number of ether oxygens (including phenoxy) is 1. The Morgan fingerprint density at radius 1 is 1.10 bits per heavy atom. The van der Waals surface area contributed by atoms with E-state index in [1.54, 1.807) is 18.2 Å². The normalized spacial score (nSPS) is 10.9. The van der Waals surface area contributed by atoms with Gasteiger partial charge in [-0.3, -0.25) is 0 Å². The molecule has 0 saturated carbocycles. The summed E-state index contributed by atoms with van der Waals surface area (Å²) < 4.78 is 18.5. The predicted molar refractivity (Wildman–Crippen MR) is 84.5 cm³/mol. The molecule has 1 N–H and O–H groups in total. The number of hydrogen-bond acceptors (Lipinski definition) is 2. The Balaban J connectivity index is 1.99. The molecule has 0 saturated heterocycles. The molecule has 21 heavy (non-hydrogen) atoms. The van der Waals surface area contributed by atoms with E-state index in [2.05, 4.69) is 19.2 Å². The van der Waals surface area contributed by atoms with Gasteiger partial charge in [0.05, 0.1) is 0 Å². The Morgan fingerprint density at radius 2 is 1.76 bits per heavy atom. The SMILES string of the molecule is CC(C)CNCc1ccc(Oc2ccc(F)cc2)cc1Cl. The molecule has 0 amide bonds. The first kappa shape index (κ1) is 15.8. The average Bonchev–Trinajstić information content (AvgIpc) is 2.43. The Kier molecular flexibility index (Phi) is 5.59. The van der Waals surface area contributed by atoms with Gasteiger partial charge in [0.1, 0.15) is 17.3 Å². The van der Waals surface area contributed by atoms with Crippen molar-refractivity contribution in [3.05, 3.63) is 58.9 Å². The highest BCUT2D eigenvalue weighted by Gasteiger charge is 2.04. The van der Waals surface area contributed by atoms with E-state index in [-0.39, 0.29) is 5.82 Å². The van der Waals surface area contributed by atoms with Gasteiger partial charge in [-0.1, -0.05) is 31.5 Å². The van der Waals surface area contributed by atoms with E-state index in [9.17, 15) is 4.39 Å². The molecular formula is C17H19ClFNO. The van der Waals surface area contributed by atoms with Crippen LogP contribution in [0.5, 0.6) is 11.5 Å². The zero-order valence-electron chi connectivity index (χ0n) is 12.2. The third-order valence-corrected chi connectivity index (χ3v) is 3.29. The van der Waals surface area contributed by atoms with E-state index < -0.39 is 0 Å². The monoisotopic (exact) mass is 307 g/mol. The fraction of sp³-hybridized carbons (Fsp3) is 0.294. The summed E-state index contributed by atoms with van der Waals surface area (Å²) in [5.41, 5.74) is 1.03. The van der Waals surface area contributed by atoms with Crippen molar-refractivity contribution in [2.75, 3.05) is 6.54 Å². The van der Waals surface area contributed by atoms with Gasteiger partial charge >= 0.3 is 0 Å². The van der Waals surface area contributed by atoms with Crippen LogP contribution in [0, 0.1) is 11.7 Å². The molecule has 0 bridgehead atoms. The molecule has 0 aliphatic rings. The quantitative estimate of drug-likeness (QED) is 0.809. The molecule has 0 unspecified atom stereocenters. The van der Waals surface area contributed by atoms with Crippen LogP contribution in [0.15, 0.2) is 42.5 Å². The highest BCUT2D eigenvalue weighted by Crippen LogP contribution is 2.27. The predicted octanol–water partition coefficient (Wildman–Crippen LogP) is 5.02. The second kappa shape index (κ2) is 7.43. The van der Waals surface area contributed by atoms with Crippen molar-refractivity contribution in [2.45, 2.75) is 20.4 Å². The van der Waals surface area contributed by atoms with E-state index in [1.807, 2.05) is 12.1 Å². The molecule has 2 nitrogen and oxygen atoms in total. The topological polar surface area (TPSA) is 21.3 Å². The molecule has 112 valence electrons. The molecule has 0 aromatic heterocycles. The van der Waals surface area contributed by atoms with Crippen molar-refractivity contribution in [3.8, 4) is 11.5 Å². The molecule has 0 spiro atoms. The van der Waals surface area contributed by atoms with E-state index in [0.717, 1.165) is 18.7 Å². The molecule has 4 heteroatoms. The summed E-state index contributed by atoms with van der Waals surface area (Å²) in [6.45, 7) is 6.00. The van der Waals surface area contributed by atoms with Gasteiger partial charge in [0.25, 0.3) is 0 Å². The minimum absolute atomic E-state index is 0.285. The molecule has 0 aliphatic carbocycles. The minimum Gasteiger partial charge on any atom is -0.457 e. The lowest BCUT2D eigenvalue weighted by Gasteiger charge is -2.11. The Labute approximate surface area is 129 Å². The van der Waals surface area contributed by atoms with Crippen LogP contribution in [0.3, 0.4) is 0 Å². The maximum absolute atomic E-state index is 12.8. The summed E-state index contributed by atoms with van der Waals surface area (Å²) in [7, 11) is 0. The van der Waals surface area contributed by atoms with Crippen molar-refractivity contribution in [1.82, 2.24) is 5.32 Å². The lowest BCUT2D eigenvalue weighted by atomic mass is 10.2. The molecular weight excluding hydrogens is 289 g/mol. The van der Waals surface area contributed by atoms with Crippen molar-refractivity contribution in [2.24, 2.45) is 5.92 Å². The van der Waals surface area contributed by atoms with Gasteiger partial charge in [0.2, 0.25) is 0 Å². The van der Waals surface area contributed by atoms with Gasteiger partial charge in [-0.25, -0.2) is 4.39 Å². The first-order valence-corrected chi connectivity index (χ1v) is 7.35. The van der Waals surface area contributed by atoms with Crippen molar-refractivity contribution >= 4 is 11.6 Å². The molecule has 2 aromatic rings. The zero-order valence-corrected chi connectivity index (χ0v) is 13.0. The van der Waals surface area contributed by atoms with Crippen LogP contribution in [0.2, 0.25) is 5.02 Å². The Morgan fingerprint density at radius 3 is 2.38 bits per heavy atom. The molecule has 0 radical (unpaired) electrons. The highest BCUT2D eigenvalue weighted by atomic mass is 35.5. The molecule has 0 heterocycles. The van der Waals surface area contributed by atoms with Crippen LogP contribution in [-0.4, -0.2) is 6.54 Å². The standard InChI is InChI=1S/C17H19ClFNO/c1-12(2)10-20-11-13-3-6-16(9-17(13)18)21-15-7-4-14(19)5-8-15/h3-9,12,20H,10-11H2,1-2H3. The summed E-state index contributed by atoms with van der Waals surface area (Å²) in [6.07, 6.45) is 0. The van der Waals surface area contributed by atoms with Gasteiger partial charge in [0.15, 0.2) is 0 Å². The maximum atomic E-state index is 12.8. The number of rotatable bonds is 6. The maximum Gasteiger partial charge on any atom is 0.128 e. The fourth-order valence-corrected chi connectivity index (χ4v) is 2.11. The largest absolute Gasteiger partial charge is 0.457 e. The van der Waals surface area contributed by atoms with E-state index in [4.69, 9.17) is 16.3 Å². The van der Waals surface area contributed by atoms with Crippen LogP contribution in [-0.2, 0) is 6.54 Å². The second-order valence-corrected chi connectivity index (χ2v) is 5.74. The smallest absolute Gasteiger partial charge is 0.128 e. The number of halogens is 2. The second-order valence-electron chi connectivity index (χ2n) is 5.33.